The third-order valence-electron chi connectivity index (χ3n) is 4.23. The molecule has 0 unspecified atom stereocenters. The average Bonchev–Trinajstić information content (AvgIpc) is 2.74. The molecule has 0 aliphatic heterocycles. The van der Waals surface area contributed by atoms with Crippen LogP contribution in [0.5, 0.6) is 11.5 Å². The molecule has 1 amide bonds. The summed E-state index contributed by atoms with van der Waals surface area (Å²) in [4.78, 5) is 16.9. The molecule has 0 radical (unpaired) electrons. The van der Waals surface area contributed by atoms with Gasteiger partial charge < -0.3 is 20.1 Å². The van der Waals surface area contributed by atoms with Crippen molar-refractivity contribution in [3.8, 4) is 11.5 Å². The summed E-state index contributed by atoms with van der Waals surface area (Å²) in [5, 5.41) is 6.12. The molecule has 0 aliphatic carbocycles. The maximum absolute atomic E-state index is 12.6. The standard InChI is InChI=1S/C22H23N3O3/c1-27-19-9-8-18(15-20(19)28-2)25-22(26)17-11-13-24-21(14-17)23-12-10-16-6-4-3-5-7-16/h3-9,11,13-15H,10,12H2,1-2H3,(H,23,24)(H,25,26). The van der Waals surface area contributed by atoms with Crippen LogP contribution in [0.15, 0.2) is 66.9 Å². The molecule has 6 heteroatoms. The number of benzene rings is 2. The molecule has 0 saturated carbocycles. The first-order valence-corrected chi connectivity index (χ1v) is 8.97. The van der Waals surface area contributed by atoms with Crippen LogP contribution < -0.4 is 20.1 Å². The van der Waals surface area contributed by atoms with E-state index in [1.807, 2.05) is 18.2 Å². The number of carbonyl (C=O) groups is 1. The number of aromatic nitrogens is 1. The number of methoxy groups -OCH3 is 2. The third kappa shape index (κ3) is 5.01. The summed E-state index contributed by atoms with van der Waals surface area (Å²) in [7, 11) is 3.12. The summed E-state index contributed by atoms with van der Waals surface area (Å²) in [6.45, 7) is 0.734. The average molecular weight is 377 g/mol. The van der Waals surface area contributed by atoms with Crippen LogP contribution in [0, 0.1) is 0 Å². The van der Waals surface area contributed by atoms with Crippen LogP contribution in [0.4, 0.5) is 11.5 Å². The van der Waals surface area contributed by atoms with E-state index in [-0.39, 0.29) is 5.91 Å². The van der Waals surface area contributed by atoms with Gasteiger partial charge in [-0.1, -0.05) is 30.3 Å². The molecule has 0 aliphatic rings. The summed E-state index contributed by atoms with van der Waals surface area (Å²) in [5.74, 6) is 1.60. The first-order chi connectivity index (χ1) is 13.7. The minimum absolute atomic E-state index is 0.222. The Morgan fingerprint density at radius 2 is 1.75 bits per heavy atom. The fourth-order valence-electron chi connectivity index (χ4n) is 2.77. The van der Waals surface area contributed by atoms with Crippen molar-refractivity contribution in [3.05, 3.63) is 78.0 Å². The Morgan fingerprint density at radius 1 is 0.964 bits per heavy atom. The quantitative estimate of drug-likeness (QED) is 0.621. The van der Waals surface area contributed by atoms with Crippen LogP contribution >= 0.6 is 0 Å². The number of ether oxygens (including phenoxy) is 2. The molecule has 1 heterocycles. The number of nitrogens with zero attached hydrogens (tertiary/aromatic N) is 1. The molecule has 144 valence electrons. The largest absolute Gasteiger partial charge is 0.493 e. The zero-order valence-electron chi connectivity index (χ0n) is 15.9. The van der Waals surface area contributed by atoms with Gasteiger partial charge in [0.05, 0.1) is 14.2 Å². The number of hydrogen-bond donors (Lipinski definition) is 2. The van der Waals surface area contributed by atoms with Gasteiger partial charge in [-0.3, -0.25) is 4.79 Å². The molecule has 0 atom stereocenters. The number of anilines is 2. The van der Waals surface area contributed by atoms with E-state index in [2.05, 4.69) is 27.8 Å². The molecule has 0 spiro atoms. The van der Waals surface area contributed by atoms with Gasteiger partial charge in [0.2, 0.25) is 0 Å². The maximum atomic E-state index is 12.6. The Hall–Kier alpha value is -3.54. The molecule has 0 bridgehead atoms. The van der Waals surface area contributed by atoms with Gasteiger partial charge in [0.15, 0.2) is 11.5 Å². The first-order valence-electron chi connectivity index (χ1n) is 8.97. The van der Waals surface area contributed by atoms with Gasteiger partial charge in [0, 0.05) is 30.1 Å². The molecule has 1 aromatic heterocycles. The van der Waals surface area contributed by atoms with Crippen LogP contribution in [-0.4, -0.2) is 31.7 Å². The highest BCUT2D eigenvalue weighted by atomic mass is 16.5. The zero-order chi connectivity index (χ0) is 19.8. The molecule has 2 aromatic carbocycles. The lowest BCUT2D eigenvalue weighted by Crippen LogP contribution is -2.13. The van der Waals surface area contributed by atoms with E-state index in [1.54, 1.807) is 50.7 Å². The van der Waals surface area contributed by atoms with E-state index >= 15 is 0 Å². The van der Waals surface area contributed by atoms with Crippen LogP contribution in [0.3, 0.4) is 0 Å². The van der Waals surface area contributed by atoms with Crippen LogP contribution in [0.2, 0.25) is 0 Å². The lowest BCUT2D eigenvalue weighted by Gasteiger charge is -2.11. The fraction of sp³-hybridized carbons (Fsp3) is 0.182. The molecule has 2 N–H and O–H groups in total. The van der Waals surface area contributed by atoms with Crippen molar-refractivity contribution >= 4 is 17.4 Å². The Morgan fingerprint density at radius 3 is 2.50 bits per heavy atom. The number of pyridine rings is 1. The van der Waals surface area contributed by atoms with Crippen LogP contribution in [0.1, 0.15) is 15.9 Å². The summed E-state index contributed by atoms with van der Waals surface area (Å²) in [5.41, 5.74) is 2.39. The number of nitrogens with one attached hydrogen (secondary N) is 2. The summed E-state index contributed by atoms with van der Waals surface area (Å²) >= 11 is 0. The van der Waals surface area contributed by atoms with E-state index in [1.165, 1.54) is 5.56 Å². The fourth-order valence-corrected chi connectivity index (χ4v) is 2.77. The Bertz CT molecular complexity index is 929. The van der Waals surface area contributed by atoms with E-state index in [9.17, 15) is 4.79 Å². The summed E-state index contributed by atoms with van der Waals surface area (Å²) in [6.07, 6.45) is 2.50. The summed E-state index contributed by atoms with van der Waals surface area (Å²) in [6, 6.07) is 18.9. The predicted molar refractivity (Wildman–Crippen MR) is 110 cm³/mol. The first kappa shape index (κ1) is 19.2. The van der Waals surface area contributed by atoms with E-state index in [0.29, 0.717) is 28.6 Å². The summed E-state index contributed by atoms with van der Waals surface area (Å²) < 4.78 is 10.5. The van der Waals surface area contributed by atoms with Gasteiger partial charge in [-0.15, -0.1) is 0 Å². The molecular formula is C22H23N3O3. The van der Waals surface area contributed by atoms with Gasteiger partial charge in [-0.05, 0) is 36.2 Å². The van der Waals surface area contributed by atoms with Gasteiger partial charge in [0.1, 0.15) is 5.82 Å². The Balaban J connectivity index is 1.62. The van der Waals surface area contributed by atoms with E-state index in [4.69, 9.17) is 9.47 Å². The lowest BCUT2D eigenvalue weighted by atomic mass is 10.1. The van der Waals surface area contributed by atoms with Gasteiger partial charge in [0.25, 0.3) is 5.91 Å². The van der Waals surface area contributed by atoms with E-state index in [0.717, 1.165) is 13.0 Å². The van der Waals surface area contributed by atoms with Crippen molar-refractivity contribution in [2.75, 3.05) is 31.4 Å². The number of rotatable bonds is 8. The normalized spacial score (nSPS) is 10.2. The van der Waals surface area contributed by atoms with Crippen LogP contribution in [0.25, 0.3) is 0 Å². The monoisotopic (exact) mass is 377 g/mol. The highest BCUT2D eigenvalue weighted by Gasteiger charge is 2.10. The second-order valence-corrected chi connectivity index (χ2v) is 6.12. The number of amides is 1. The van der Waals surface area contributed by atoms with Crippen molar-refractivity contribution in [3.63, 3.8) is 0 Å². The minimum atomic E-state index is -0.222. The van der Waals surface area contributed by atoms with Gasteiger partial charge >= 0.3 is 0 Å². The molecule has 0 saturated heterocycles. The molecule has 0 fully saturated rings. The van der Waals surface area contributed by atoms with Crippen LogP contribution in [-0.2, 0) is 6.42 Å². The highest BCUT2D eigenvalue weighted by Crippen LogP contribution is 2.29. The number of carbonyl (C=O) groups excluding carboxylic acids is 1. The maximum Gasteiger partial charge on any atom is 0.255 e. The van der Waals surface area contributed by atoms with Gasteiger partial charge in [-0.25, -0.2) is 4.98 Å². The lowest BCUT2D eigenvalue weighted by molar-refractivity contribution is 0.102. The Kier molecular flexibility index (Phi) is 6.46. The van der Waals surface area contributed by atoms with Crippen molar-refractivity contribution in [2.45, 2.75) is 6.42 Å². The Labute approximate surface area is 164 Å². The highest BCUT2D eigenvalue weighted by molar-refractivity contribution is 6.04. The van der Waals surface area contributed by atoms with Crippen molar-refractivity contribution in [1.82, 2.24) is 4.98 Å². The van der Waals surface area contributed by atoms with E-state index < -0.39 is 0 Å². The zero-order valence-corrected chi connectivity index (χ0v) is 15.9. The molecule has 6 nitrogen and oxygen atoms in total. The van der Waals surface area contributed by atoms with Crippen molar-refractivity contribution in [1.29, 1.82) is 0 Å². The molecule has 3 rings (SSSR count). The topological polar surface area (TPSA) is 72.5 Å². The smallest absolute Gasteiger partial charge is 0.255 e. The second-order valence-electron chi connectivity index (χ2n) is 6.12. The SMILES string of the molecule is COc1ccc(NC(=O)c2ccnc(NCCc3ccccc3)c2)cc1OC. The second kappa shape index (κ2) is 9.41. The molecular weight excluding hydrogens is 354 g/mol. The third-order valence-corrected chi connectivity index (χ3v) is 4.23. The predicted octanol–water partition coefficient (Wildman–Crippen LogP) is 4.01. The molecule has 28 heavy (non-hydrogen) atoms. The van der Waals surface area contributed by atoms with Gasteiger partial charge in [-0.2, -0.15) is 0 Å². The van der Waals surface area contributed by atoms with Crippen molar-refractivity contribution < 1.29 is 14.3 Å². The molecule has 3 aromatic rings. The minimum Gasteiger partial charge on any atom is -0.493 e. The van der Waals surface area contributed by atoms with Crippen molar-refractivity contribution in [2.24, 2.45) is 0 Å². The number of hydrogen-bond acceptors (Lipinski definition) is 5.